The number of rotatable bonds is 3. The van der Waals surface area contributed by atoms with E-state index in [1.807, 2.05) is 0 Å². The van der Waals surface area contributed by atoms with Crippen molar-refractivity contribution in [3.63, 3.8) is 0 Å². The van der Waals surface area contributed by atoms with Gasteiger partial charge in [0, 0.05) is 24.1 Å². The Morgan fingerprint density at radius 1 is 1.85 bits per heavy atom. The van der Waals surface area contributed by atoms with Gasteiger partial charge in [-0.2, -0.15) is 5.10 Å². The number of carbonyl (C=O) groups excluding carboxylic acids is 1. The zero-order valence-electron chi connectivity index (χ0n) is 7.28. The highest BCUT2D eigenvalue weighted by molar-refractivity contribution is 8.21. The van der Waals surface area contributed by atoms with Crippen LogP contribution in [0, 0.1) is 0 Å². The monoisotopic (exact) mass is 220 g/mol. The van der Waals surface area contributed by atoms with Gasteiger partial charge in [0.2, 0.25) is 0 Å². The van der Waals surface area contributed by atoms with E-state index < -0.39 is 0 Å². The fourth-order valence-corrected chi connectivity index (χ4v) is 1.41. The largest absolute Gasteiger partial charge is 0.461 e. The number of nitrogens with zero attached hydrogens (tertiary/aromatic N) is 2. The van der Waals surface area contributed by atoms with Crippen molar-refractivity contribution in [2.24, 2.45) is 7.05 Å². The van der Waals surface area contributed by atoms with Crippen LogP contribution in [-0.2, 0) is 11.8 Å². The zero-order valence-corrected chi connectivity index (χ0v) is 8.85. The predicted octanol–water partition coefficient (Wildman–Crippen LogP) is 1.84. The Morgan fingerprint density at radius 3 is 3.00 bits per heavy atom. The minimum Gasteiger partial charge on any atom is -0.461 e. The minimum absolute atomic E-state index is 0.355. The highest BCUT2D eigenvalue weighted by Crippen LogP contribution is 2.20. The molecular formula is C7H9ClN2O2S. The standard InChI is InChI=1S/C7H9ClN2O2S/c1-3-12-7(11)5-4-6(13-8)9-10(5)2/h4H,3H2,1-2H3. The van der Waals surface area contributed by atoms with Crippen LogP contribution in [-0.4, -0.2) is 22.4 Å². The first-order chi connectivity index (χ1) is 6.19. The molecule has 0 radical (unpaired) electrons. The average molecular weight is 221 g/mol. The summed E-state index contributed by atoms with van der Waals surface area (Å²) in [4.78, 5) is 11.3. The molecule has 0 N–H and O–H groups in total. The molecule has 0 aliphatic rings. The highest BCUT2D eigenvalue weighted by Gasteiger charge is 2.13. The lowest BCUT2D eigenvalue weighted by molar-refractivity contribution is 0.0513. The third kappa shape index (κ3) is 2.38. The quantitative estimate of drug-likeness (QED) is 0.730. The van der Waals surface area contributed by atoms with E-state index in [4.69, 9.17) is 15.4 Å². The van der Waals surface area contributed by atoms with Crippen LogP contribution in [0.1, 0.15) is 17.4 Å². The van der Waals surface area contributed by atoms with Crippen LogP contribution in [0.5, 0.6) is 0 Å². The molecule has 1 aromatic rings. The third-order valence-corrected chi connectivity index (χ3v) is 2.25. The SMILES string of the molecule is CCOC(=O)c1cc(SCl)nn1C. The first-order valence-corrected chi connectivity index (χ1v) is 5.33. The van der Waals surface area contributed by atoms with E-state index in [0.717, 1.165) is 11.0 Å². The summed E-state index contributed by atoms with van der Waals surface area (Å²) >= 11 is 0. The number of aromatic nitrogens is 2. The zero-order chi connectivity index (χ0) is 9.84. The van der Waals surface area contributed by atoms with Gasteiger partial charge in [0.1, 0.15) is 10.7 Å². The molecule has 0 bridgehead atoms. The summed E-state index contributed by atoms with van der Waals surface area (Å²) in [5.41, 5.74) is 0.407. The van der Waals surface area contributed by atoms with E-state index in [9.17, 15) is 4.79 Å². The summed E-state index contributed by atoms with van der Waals surface area (Å²) in [6.45, 7) is 2.11. The van der Waals surface area contributed by atoms with Crippen molar-refractivity contribution >= 4 is 27.6 Å². The van der Waals surface area contributed by atoms with Crippen LogP contribution in [0.2, 0.25) is 0 Å². The molecule has 0 unspecified atom stereocenters. The molecule has 0 aliphatic carbocycles. The molecule has 0 saturated heterocycles. The number of aryl methyl sites for hydroxylation is 1. The third-order valence-electron chi connectivity index (χ3n) is 1.42. The predicted molar refractivity (Wildman–Crippen MR) is 50.9 cm³/mol. The molecule has 0 amide bonds. The normalized spacial score (nSPS) is 10.1. The van der Waals surface area contributed by atoms with E-state index in [1.165, 1.54) is 4.68 Å². The second kappa shape index (κ2) is 4.53. The fraction of sp³-hybridized carbons (Fsp3) is 0.429. The Morgan fingerprint density at radius 2 is 2.54 bits per heavy atom. The van der Waals surface area contributed by atoms with Crippen molar-refractivity contribution in [1.29, 1.82) is 0 Å². The number of esters is 1. The molecule has 0 saturated carbocycles. The van der Waals surface area contributed by atoms with Gasteiger partial charge in [-0.25, -0.2) is 4.79 Å². The first kappa shape index (κ1) is 10.4. The minimum atomic E-state index is -0.380. The Balaban J connectivity index is 2.87. The lowest BCUT2D eigenvalue weighted by Crippen LogP contribution is -2.10. The highest BCUT2D eigenvalue weighted by atomic mass is 35.7. The summed E-state index contributed by atoms with van der Waals surface area (Å²) in [5.74, 6) is -0.380. The summed E-state index contributed by atoms with van der Waals surface area (Å²) in [6, 6.07) is 1.59. The Labute approximate surface area is 84.7 Å². The summed E-state index contributed by atoms with van der Waals surface area (Å²) in [7, 11) is 8.12. The molecule has 6 heteroatoms. The smallest absolute Gasteiger partial charge is 0.356 e. The Bertz CT molecular complexity index is 313. The topological polar surface area (TPSA) is 44.1 Å². The number of ether oxygens (including phenoxy) is 1. The summed E-state index contributed by atoms with van der Waals surface area (Å²) in [5, 5.41) is 4.57. The Hall–Kier alpha value is -0.680. The van der Waals surface area contributed by atoms with E-state index >= 15 is 0 Å². The molecule has 72 valence electrons. The van der Waals surface area contributed by atoms with Gasteiger partial charge in [0.05, 0.1) is 6.61 Å². The average Bonchev–Trinajstić information content (AvgIpc) is 2.47. The fourth-order valence-electron chi connectivity index (χ4n) is 0.875. The number of hydrogen-bond donors (Lipinski definition) is 0. The van der Waals surface area contributed by atoms with E-state index in [0.29, 0.717) is 17.3 Å². The van der Waals surface area contributed by atoms with Gasteiger partial charge in [-0.3, -0.25) is 4.68 Å². The van der Waals surface area contributed by atoms with Gasteiger partial charge >= 0.3 is 5.97 Å². The molecule has 0 fully saturated rings. The van der Waals surface area contributed by atoms with Gasteiger partial charge in [-0.15, -0.1) is 0 Å². The van der Waals surface area contributed by atoms with Gasteiger partial charge in [0.25, 0.3) is 0 Å². The van der Waals surface area contributed by atoms with Gasteiger partial charge in [0.15, 0.2) is 0 Å². The first-order valence-electron chi connectivity index (χ1n) is 3.68. The van der Waals surface area contributed by atoms with E-state index in [2.05, 4.69) is 5.10 Å². The van der Waals surface area contributed by atoms with Gasteiger partial charge < -0.3 is 4.74 Å². The molecule has 0 aliphatic heterocycles. The van der Waals surface area contributed by atoms with Crippen molar-refractivity contribution in [2.75, 3.05) is 6.61 Å². The molecule has 1 aromatic heterocycles. The van der Waals surface area contributed by atoms with Crippen LogP contribution in [0.3, 0.4) is 0 Å². The molecule has 4 nitrogen and oxygen atoms in total. The summed E-state index contributed by atoms with van der Waals surface area (Å²) < 4.78 is 6.26. The molecule has 13 heavy (non-hydrogen) atoms. The van der Waals surface area contributed by atoms with Crippen molar-refractivity contribution in [3.05, 3.63) is 11.8 Å². The molecular weight excluding hydrogens is 212 g/mol. The maximum Gasteiger partial charge on any atom is 0.356 e. The van der Waals surface area contributed by atoms with E-state index in [1.54, 1.807) is 20.0 Å². The van der Waals surface area contributed by atoms with Crippen LogP contribution >= 0.6 is 21.7 Å². The lowest BCUT2D eigenvalue weighted by Gasteiger charge is -1.99. The van der Waals surface area contributed by atoms with E-state index in [-0.39, 0.29) is 5.97 Å². The lowest BCUT2D eigenvalue weighted by atomic mass is 10.4. The molecule has 1 heterocycles. The van der Waals surface area contributed by atoms with Crippen molar-refractivity contribution in [3.8, 4) is 0 Å². The van der Waals surface area contributed by atoms with Gasteiger partial charge in [-0.05, 0) is 17.6 Å². The van der Waals surface area contributed by atoms with Crippen LogP contribution in [0.25, 0.3) is 0 Å². The molecule has 0 spiro atoms. The maximum atomic E-state index is 11.3. The number of hydrogen-bond acceptors (Lipinski definition) is 4. The van der Waals surface area contributed by atoms with Crippen LogP contribution in [0.4, 0.5) is 0 Å². The van der Waals surface area contributed by atoms with Gasteiger partial charge in [-0.1, -0.05) is 0 Å². The maximum absolute atomic E-state index is 11.3. The molecule has 1 rings (SSSR count). The Kier molecular flexibility index (Phi) is 3.62. The number of carbonyl (C=O) groups is 1. The molecule has 0 aromatic carbocycles. The van der Waals surface area contributed by atoms with Crippen LogP contribution in [0.15, 0.2) is 11.1 Å². The van der Waals surface area contributed by atoms with Crippen LogP contribution < -0.4 is 0 Å². The van der Waals surface area contributed by atoms with Crippen molar-refractivity contribution in [1.82, 2.24) is 9.78 Å². The number of halogens is 1. The molecule has 0 atom stereocenters. The second-order valence-electron chi connectivity index (χ2n) is 2.29. The second-order valence-corrected chi connectivity index (χ2v) is 3.32. The van der Waals surface area contributed by atoms with Crippen molar-refractivity contribution < 1.29 is 9.53 Å². The summed E-state index contributed by atoms with van der Waals surface area (Å²) in [6.07, 6.45) is 0. The van der Waals surface area contributed by atoms with Crippen molar-refractivity contribution in [2.45, 2.75) is 11.9 Å².